The first-order valence-corrected chi connectivity index (χ1v) is 9.42. The zero-order valence-corrected chi connectivity index (χ0v) is 15.5. The van der Waals surface area contributed by atoms with Gasteiger partial charge in [0.2, 0.25) is 0 Å². The van der Waals surface area contributed by atoms with Crippen LogP contribution in [0.5, 0.6) is 0 Å². The number of amides is 2. The minimum Gasteiger partial charge on any atom is -0.368 e. The van der Waals surface area contributed by atoms with E-state index in [1.54, 1.807) is 4.90 Å². The highest BCUT2D eigenvalue weighted by atomic mass is 16.5. The molecule has 3 heterocycles. The first kappa shape index (κ1) is 17.7. The molecule has 1 fully saturated rings. The van der Waals surface area contributed by atoms with Gasteiger partial charge in [0, 0.05) is 43.9 Å². The van der Waals surface area contributed by atoms with Gasteiger partial charge in [-0.15, -0.1) is 0 Å². The lowest BCUT2D eigenvalue weighted by Gasteiger charge is -2.29. The molecule has 2 aromatic rings. The van der Waals surface area contributed by atoms with Crippen LogP contribution in [-0.4, -0.2) is 46.2 Å². The maximum Gasteiger partial charge on any atom is 0.272 e. The highest BCUT2D eigenvalue weighted by Gasteiger charge is 2.32. The first-order chi connectivity index (χ1) is 13.1. The van der Waals surface area contributed by atoms with Crippen LogP contribution in [-0.2, 0) is 29.0 Å². The van der Waals surface area contributed by atoms with Gasteiger partial charge in [-0.25, -0.2) is 0 Å². The van der Waals surface area contributed by atoms with Crippen molar-refractivity contribution in [3.63, 3.8) is 0 Å². The number of ether oxygens (including phenoxy) is 1. The van der Waals surface area contributed by atoms with Crippen LogP contribution >= 0.6 is 0 Å². The van der Waals surface area contributed by atoms with Crippen LogP contribution in [0.3, 0.4) is 0 Å². The molecule has 7 heteroatoms. The van der Waals surface area contributed by atoms with Crippen molar-refractivity contribution in [1.82, 2.24) is 20.4 Å². The van der Waals surface area contributed by atoms with Gasteiger partial charge >= 0.3 is 0 Å². The van der Waals surface area contributed by atoms with E-state index in [-0.39, 0.29) is 17.9 Å². The summed E-state index contributed by atoms with van der Waals surface area (Å²) in [4.78, 5) is 27.1. The molecule has 2 aliphatic heterocycles. The van der Waals surface area contributed by atoms with Crippen LogP contribution in [0.25, 0.3) is 0 Å². The third kappa shape index (κ3) is 3.73. The van der Waals surface area contributed by atoms with E-state index >= 15 is 0 Å². The van der Waals surface area contributed by atoms with Crippen molar-refractivity contribution >= 4 is 11.8 Å². The molecule has 1 saturated heterocycles. The van der Waals surface area contributed by atoms with Gasteiger partial charge in [-0.2, -0.15) is 5.10 Å². The quantitative estimate of drug-likeness (QED) is 0.860. The lowest BCUT2D eigenvalue weighted by atomic mass is 10.0. The van der Waals surface area contributed by atoms with Crippen LogP contribution < -0.4 is 5.32 Å². The number of nitrogens with zero attached hydrogens (tertiary/aromatic N) is 2. The molecule has 2 aliphatic rings. The van der Waals surface area contributed by atoms with Gasteiger partial charge in [0.25, 0.3) is 11.8 Å². The first-order valence-electron chi connectivity index (χ1n) is 9.42. The Morgan fingerprint density at radius 1 is 1.41 bits per heavy atom. The van der Waals surface area contributed by atoms with Crippen LogP contribution in [0.1, 0.15) is 45.7 Å². The number of benzene rings is 1. The van der Waals surface area contributed by atoms with Crippen LogP contribution in [0, 0.1) is 6.92 Å². The van der Waals surface area contributed by atoms with Crippen molar-refractivity contribution < 1.29 is 14.3 Å². The van der Waals surface area contributed by atoms with E-state index in [2.05, 4.69) is 15.5 Å². The van der Waals surface area contributed by atoms with Crippen molar-refractivity contribution in [3.8, 4) is 0 Å². The third-order valence-electron chi connectivity index (χ3n) is 5.20. The number of nitrogens with one attached hydrogen (secondary N) is 2. The summed E-state index contributed by atoms with van der Waals surface area (Å²) in [6, 6.07) is 8.02. The molecule has 0 radical (unpaired) electrons. The number of aromatic amines is 1. The number of rotatable bonds is 4. The second-order valence-corrected chi connectivity index (χ2v) is 7.21. The summed E-state index contributed by atoms with van der Waals surface area (Å²) < 4.78 is 5.52. The van der Waals surface area contributed by atoms with E-state index in [1.807, 2.05) is 31.2 Å². The van der Waals surface area contributed by atoms with Gasteiger partial charge in [-0.3, -0.25) is 14.7 Å². The van der Waals surface area contributed by atoms with E-state index in [4.69, 9.17) is 4.74 Å². The molecule has 1 atom stereocenters. The summed E-state index contributed by atoms with van der Waals surface area (Å²) in [6.07, 6.45) is 2.04. The Morgan fingerprint density at radius 2 is 2.30 bits per heavy atom. The molecule has 0 spiro atoms. The monoisotopic (exact) mass is 368 g/mol. The lowest BCUT2D eigenvalue weighted by Crippen LogP contribution is -2.42. The fraction of sp³-hybridized carbons (Fsp3) is 0.450. The molecule has 27 heavy (non-hydrogen) atoms. The summed E-state index contributed by atoms with van der Waals surface area (Å²) in [7, 11) is 0. The van der Waals surface area contributed by atoms with Crippen molar-refractivity contribution in [1.29, 1.82) is 0 Å². The van der Waals surface area contributed by atoms with E-state index < -0.39 is 0 Å². The Hall–Kier alpha value is -2.67. The van der Waals surface area contributed by atoms with Gasteiger partial charge in [0.05, 0.1) is 0 Å². The minimum absolute atomic E-state index is 0.0190. The fourth-order valence-corrected chi connectivity index (χ4v) is 3.74. The number of aromatic nitrogens is 2. The molecule has 2 N–H and O–H groups in total. The average Bonchev–Trinajstić information content (AvgIpc) is 3.35. The second-order valence-electron chi connectivity index (χ2n) is 7.21. The molecule has 1 aromatic heterocycles. The van der Waals surface area contributed by atoms with Crippen molar-refractivity contribution in [3.05, 3.63) is 52.3 Å². The normalized spacial score (nSPS) is 19.0. The number of fused-ring (bicyclic) bond motifs is 1. The molecule has 7 nitrogen and oxygen atoms in total. The summed E-state index contributed by atoms with van der Waals surface area (Å²) in [5, 5.41) is 10.1. The number of H-pyrrole nitrogens is 1. The fourth-order valence-electron chi connectivity index (χ4n) is 3.74. The molecular formula is C20H24N4O3. The molecule has 1 unspecified atom stereocenters. The maximum atomic E-state index is 12.6. The van der Waals surface area contributed by atoms with Crippen LogP contribution in [0.2, 0.25) is 0 Å². The highest BCUT2D eigenvalue weighted by Crippen LogP contribution is 2.23. The SMILES string of the molecule is Cc1cccc(CNC(=O)c2n[nH]c3c2CN(C(=O)C2CCCO2)CC3)c1. The second kappa shape index (κ2) is 7.52. The molecule has 1 aromatic carbocycles. The number of aryl methyl sites for hydroxylation is 1. The van der Waals surface area contributed by atoms with Gasteiger partial charge in [-0.05, 0) is 25.3 Å². The molecular weight excluding hydrogens is 344 g/mol. The van der Waals surface area contributed by atoms with Crippen LogP contribution in [0.4, 0.5) is 0 Å². The van der Waals surface area contributed by atoms with Gasteiger partial charge in [0.1, 0.15) is 6.10 Å². The Bertz CT molecular complexity index is 855. The lowest BCUT2D eigenvalue weighted by molar-refractivity contribution is -0.141. The van der Waals surface area contributed by atoms with E-state index in [1.165, 1.54) is 0 Å². The standard InChI is InChI=1S/C20H24N4O3/c1-13-4-2-5-14(10-13)11-21-19(25)18-15-12-24(8-7-16(15)22-23-18)20(26)17-6-3-9-27-17/h2,4-5,10,17H,3,6-9,11-12H2,1H3,(H,21,25)(H,22,23). The largest absolute Gasteiger partial charge is 0.368 e. The third-order valence-corrected chi connectivity index (χ3v) is 5.20. The number of carbonyl (C=O) groups is 2. The Labute approximate surface area is 158 Å². The van der Waals surface area contributed by atoms with Gasteiger partial charge in [-0.1, -0.05) is 29.8 Å². The minimum atomic E-state index is -0.336. The maximum absolute atomic E-state index is 12.6. The van der Waals surface area contributed by atoms with Crippen LogP contribution in [0.15, 0.2) is 24.3 Å². The summed E-state index contributed by atoms with van der Waals surface area (Å²) in [6.45, 7) is 4.14. The predicted molar refractivity (Wildman–Crippen MR) is 99.0 cm³/mol. The molecule has 2 amide bonds. The average molecular weight is 368 g/mol. The summed E-state index contributed by atoms with van der Waals surface area (Å²) >= 11 is 0. The van der Waals surface area contributed by atoms with Crippen molar-refractivity contribution in [2.75, 3.05) is 13.2 Å². The van der Waals surface area contributed by atoms with Crippen molar-refractivity contribution in [2.45, 2.75) is 45.4 Å². The molecule has 4 rings (SSSR count). The zero-order valence-electron chi connectivity index (χ0n) is 15.5. The Morgan fingerprint density at radius 3 is 3.07 bits per heavy atom. The molecule has 0 aliphatic carbocycles. The van der Waals surface area contributed by atoms with E-state index in [0.29, 0.717) is 38.4 Å². The van der Waals surface area contributed by atoms with Crippen molar-refractivity contribution in [2.24, 2.45) is 0 Å². The van der Waals surface area contributed by atoms with E-state index in [0.717, 1.165) is 35.2 Å². The zero-order chi connectivity index (χ0) is 18.8. The highest BCUT2D eigenvalue weighted by molar-refractivity contribution is 5.94. The molecule has 0 bridgehead atoms. The predicted octanol–water partition coefficient (Wildman–Crippen LogP) is 1.71. The smallest absolute Gasteiger partial charge is 0.272 e. The van der Waals surface area contributed by atoms with Gasteiger partial charge < -0.3 is 15.0 Å². The summed E-state index contributed by atoms with van der Waals surface area (Å²) in [5.74, 6) is -0.203. The topological polar surface area (TPSA) is 87.3 Å². The number of hydrogen-bond donors (Lipinski definition) is 2. The Balaban J connectivity index is 1.44. The molecule has 142 valence electrons. The number of hydrogen-bond acceptors (Lipinski definition) is 4. The molecule has 0 saturated carbocycles. The van der Waals surface area contributed by atoms with E-state index in [9.17, 15) is 9.59 Å². The van der Waals surface area contributed by atoms with Gasteiger partial charge in [0.15, 0.2) is 5.69 Å². The Kier molecular flexibility index (Phi) is 4.94. The summed E-state index contributed by atoms with van der Waals surface area (Å²) in [5.41, 5.74) is 4.33. The number of carbonyl (C=O) groups excluding carboxylic acids is 2.